The normalized spacial score (nSPS) is 12.6. The van der Waals surface area contributed by atoms with E-state index in [4.69, 9.17) is 16.3 Å². The molecule has 0 bridgehead atoms. The summed E-state index contributed by atoms with van der Waals surface area (Å²) in [5.41, 5.74) is 1.60. The molecular weight excluding hydrogens is 490 g/mol. The maximum absolute atomic E-state index is 13.5. The summed E-state index contributed by atoms with van der Waals surface area (Å²) in [6.07, 6.45) is 1.01. The van der Waals surface area contributed by atoms with Crippen molar-refractivity contribution in [2.45, 2.75) is 52.7 Å². The number of methoxy groups -OCH3 is 1. The molecule has 0 aliphatic carbocycles. The van der Waals surface area contributed by atoms with Gasteiger partial charge in [0.2, 0.25) is 21.8 Å². The third kappa shape index (κ3) is 8.14. The van der Waals surface area contributed by atoms with Gasteiger partial charge in [-0.25, -0.2) is 8.42 Å². The van der Waals surface area contributed by atoms with Gasteiger partial charge in [0.05, 0.1) is 24.1 Å². The molecule has 0 spiro atoms. The van der Waals surface area contributed by atoms with E-state index < -0.39 is 34.1 Å². The van der Waals surface area contributed by atoms with E-state index in [0.717, 1.165) is 21.7 Å². The standard InChI is InChI=1S/C25H34ClN3O5S/c1-17-8-10-19(11-9-17)15-28(18(2)24(31)27-25(3,4)5)23(30)16-29(35(7,32)33)20-12-13-22(34-6)21(26)14-20/h8-14,18H,15-16H2,1-7H3,(H,27,31). The number of hydrogen-bond acceptors (Lipinski definition) is 5. The highest BCUT2D eigenvalue weighted by molar-refractivity contribution is 7.92. The quantitative estimate of drug-likeness (QED) is 0.540. The third-order valence-electron chi connectivity index (χ3n) is 5.24. The molecule has 0 saturated heterocycles. The summed E-state index contributed by atoms with van der Waals surface area (Å²) in [5.74, 6) is -0.487. The van der Waals surface area contributed by atoms with Crippen LogP contribution in [0.15, 0.2) is 42.5 Å². The fourth-order valence-electron chi connectivity index (χ4n) is 3.37. The Hall–Kier alpha value is -2.78. The Kier molecular flexibility index (Phi) is 9.19. The van der Waals surface area contributed by atoms with Crippen LogP contribution in [0, 0.1) is 6.92 Å². The van der Waals surface area contributed by atoms with Crippen LogP contribution in [0.25, 0.3) is 0 Å². The van der Waals surface area contributed by atoms with Gasteiger partial charge < -0.3 is 15.0 Å². The molecule has 2 rings (SSSR count). The van der Waals surface area contributed by atoms with Gasteiger partial charge in [-0.2, -0.15) is 0 Å². The fraction of sp³-hybridized carbons (Fsp3) is 0.440. The number of rotatable bonds is 9. The van der Waals surface area contributed by atoms with Gasteiger partial charge in [-0.3, -0.25) is 13.9 Å². The smallest absolute Gasteiger partial charge is 0.244 e. The predicted molar refractivity (Wildman–Crippen MR) is 139 cm³/mol. The summed E-state index contributed by atoms with van der Waals surface area (Å²) in [4.78, 5) is 27.9. The minimum absolute atomic E-state index is 0.138. The highest BCUT2D eigenvalue weighted by Gasteiger charge is 2.31. The second-order valence-electron chi connectivity index (χ2n) is 9.51. The van der Waals surface area contributed by atoms with Crippen molar-refractivity contribution in [3.8, 4) is 5.75 Å². The number of sulfonamides is 1. The van der Waals surface area contributed by atoms with Gasteiger partial charge in [0.25, 0.3) is 0 Å². The lowest BCUT2D eigenvalue weighted by atomic mass is 10.1. The van der Waals surface area contributed by atoms with Gasteiger partial charge in [-0.15, -0.1) is 0 Å². The molecule has 10 heteroatoms. The molecule has 35 heavy (non-hydrogen) atoms. The molecule has 1 unspecified atom stereocenters. The van der Waals surface area contributed by atoms with Crippen molar-refractivity contribution in [3.05, 3.63) is 58.6 Å². The second-order valence-corrected chi connectivity index (χ2v) is 11.8. The average molecular weight is 524 g/mol. The number of benzene rings is 2. The SMILES string of the molecule is COc1ccc(N(CC(=O)N(Cc2ccc(C)cc2)C(C)C(=O)NC(C)(C)C)S(C)(=O)=O)cc1Cl. The number of aryl methyl sites for hydroxylation is 1. The van der Waals surface area contributed by atoms with E-state index in [-0.39, 0.29) is 23.2 Å². The van der Waals surface area contributed by atoms with Crippen molar-refractivity contribution in [2.24, 2.45) is 0 Å². The highest BCUT2D eigenvalue weighted by atomic mass is 35.5. The summed E-state index contributed by atoms with van der Waals surface area (Å²) in [6, 6.07) is 11.2. The van der Waals surface area contributed by atoms with Gasteiger partial charge in [-0.05, 0) is 58.4 Å². The summed E-state index contributed by atoms with van der Waals surface area (Å²) in [6.45, 7) is 8.77. The van der Waals surface area contributed by atoms with E-state index >= 15 is 0 Å². The van der Waals surface area contributed by atoms with E-state index in [1.165, 1.54) is 30.2 Å². The van der Waals surface area contributed by atoms with Crippen LogP contribution >= 0.6 is 11.6 Å². The number of carbonyl (C=O) groups excluding carboxylic acids is 2. The van der Waals surface area contributed by atoms with Gasteiger partial charge >= 0.3 is 0 Å². The molecule has 2 aromatic carbocycles. The number of nitrogens with zero attached hydrogens (tertiary/aromatic N) is 2. The monoisotopic (exact) mass is 523 g/mol. The molecule has 1 N–H and O–H groups in total. The molecular formula is C25H34ClN3O5S. The van der Waals surface area contributed by atoms with Gasteiger partial charge in [0.15, 0.2) is 0 Å². The lowest BCUT2D eigenvalue weighted by Crippen LogP contribution is -2.54. The lowest BCUT2D eigenvalue weighted by Gasteiger charge is -2.33. The zero-order valence-electron chi connectivity index (χ0n) is 21.3. The fourth-order valence-corrected chi connectivity index (χ4v) is 4.46. The van der Waals surface area contributed by atoms with Crippen LogP contribution in [-0.2, 0) is 26.2 Å². The van der Waals surface area contributed by atoms with Crippen LogP contribution in [0.3, 0.4) is 0 Å². The third-order valence-corrected chi connectivity index (χ3v) is 6.68. The van der Waals surface area contributed by atoms with Gasteiger partial charge in [-0.1, -0.05) is 41.4 Å². The molecule has 0 aliphatic heterocycles. The van der Waals surface area contributed by atoms with Gasteiger partial charge in [0.1, 0.15) is 18.3 Å². The first-order chi connectivity index (χ1) is 16.1. The highest BCUT2D eigenvalue weighted by Crippen LogP contribution is 2.30. The van der Waals surface area contributed by atoms with Gasteiger partial charge in [0, 0.05) is 12.1 Å². The van der Waals surface area contributed by atoms with Crippen molar-refractivity contribution in [1.82, 2.24) is 10.2 Å². The van der Waals surface area contributed by atoms with E-state index in [1.54, 1.807) is 6.92 Å². The molecule has 0 radical (unpaired) electrons. The van der Waals surface area contributed by atoms with Crippen molar-refractivity contribution in [1.29, 1.82) is 0 Å². The van der Waals surface area contributed by atoms with Crippen molar-refractivity contribution in [3.63, 3.8) is 0 Å². The Bertz CT molecular complexity index is 1160. The molecule has 0 saturated carbocycles. The summed E-state index contributed by atoms with van der Waals surface area (Å²) >= 11 is 6.20. The molecule has 192 valence electrons. The van der Waals surface area contributed by atoms with E-state index in [1.807, 2.05) is 52.0 Å². The first-order valence-electron chi connectivity index (χ1n) is 11.1. The minimum Gasteiger partial charge on any atom is -0.495 e. The summed E-state index contributed by atoms with van der Waals surface area (Å²) in [5, 5.41) is 3.10. The van der Waals surface area contributed by atoms with Crippen LogP contribution in [0.5, 0.6) is 5.75 Å². The molecule has 1 atom stereocenters. The number of ether oxygens (including phenoxy) is 1. The first-order valence-corrected chi connectivity index (χ1v) is 13.3. The number of anilines is 1. The summed E-state index contributed by atoms with van der Waals surface area (Å²) in [7, 11) is -2.40. The van der Waals surface area contributed by atoms with E-state index in [9.17, 15) is 18.0 Å². The van der Waals surface area contributed by atoms with Crippen molar-refractivity contribution >= 4 is 39.1 Å². The first kappa shape index (κ1) is 28.5. The minimum atomic E-state index is -3.85. The maximum Gasteiger partial charge on any atom is 0.244 e. The zero-order valence-corrected chi connectivity index (χ0v) is 22.8. The van der Waals surface area contributed by atoms with E-state index in [0.29, 0.717) is 5.75 Å². The maximum atomic E-state index is 13.5. The number of halogens is 1. The summed E-state index contributed by atoms with van der Waals surface area (Å²) < 4.78 is 31.4. The lowest BCUT2D eigenvalue weighted by molar-refractivity contribution is -0.140. The van der Waals surface area contributed by atoms with Crippen LogP contribution in [-0.4, -0.2) is 56.6 Å². The van der Waals surface area contributed by atoms with Crippen LogP contribution in [0.4, 0.5) is 5.69 Å². The zero-order chi connectivity index (χ0) is 26.6. The largest absolute Gasteiger partial charge is 0.495 e. The molecule has 0 fully saturated rings. The second kappa shape index (κ2) is 11.3. The van der Waals surface area contributed by atoms with Crippen LogP contribution in [0.2, 0.25) is 5.02 Å². The average Bonchev–Trinajstić information content (AvgIpc) is 2.74. The van der Waals surface area contributed by atoms with Crippen LogP contribution in [0.1, 0.15) is 38.8 Å². The number of hydrogen-bond donors (Lipinski definition) is 1. The Balaban J connectivity index is 2.42. The number of carbonyl (C=O) groups is 2. The van der Waals surface area contributed by atoms with Crippen molar-refractivity contribution < 1.29 is 22.7 Å². The van der Waals surface area contributed by atoms with Crippen LogP contribution < -0.4 is 14.4 Å². The Morgan fingerprint density at radius 1 is 1.11 bits per heavy atom. The Labute approximate surface area is 213 Å². The van der Waals surface area contributed by atoms with E-state index in [2.05, 4.69) is 5.32 Å². The molecule has 0 aliphatic rings. The molecule has 2 amide bonds. The molecule has 8 nitrogen and oxygen atoms in total. The number of amides is 2. The Morgan fingerprint density at radius 2 is 1.71 bits per heavy atom. The number of nitrogens with one attached hydrogen (secondary N) is 1. The Morgan fingerprint density at radius 3 is 2.20 bits per heavy atom. The molecule has 0 aromatic heterocycles. The molecule has 2 aromatic rings. The van der Waals surface area contributed by atoms with Crippen molar-refractivity contribution in [2.75, 3.05) is 24.2 Å². The topological polar surface area (TPSA) is 96.0 Å². The molecule has 0 heterocycles. The predicted octanol–water partition coefficient (Wildman–Crippen LogP) is 3.76.